The topological polar surface area (TPSA) is 72.2 Å². The SMILES string of the molecule is Nc1cc(Cl)cc(S(=O)(=O)Nc2cccc(Cl)c2F)c1F. The van der Waals surface area contributed by atoms with E-state index in [9.17, 15) is 17.2 Å². The summed E-state index contributed by atoms with van der Waals surface area (Å²) in [6.07, 6.45) is 0. The maximum Gasteiger partial charge on any atom is 0.265 e. The molecule has 0 spiro atoms. The van der Waals surface area contributed by atoms with Gasteiger partial charge >= 0.3 is 0 Å². The monoisotopic (exact) mass is 352 g/mol. The van der Waals surface area contributed by atoms with Crippen molar-refractivity contribution in [3.63, 3.8) is 0 Å². The van der Waals surface area contributed by atoms with Gasteiger partial charge in [0, 0.05) is 5.02 Å². The third-order valence-corrected chi connectivity index (χ3v) is 4.39. The standard InChI is InChI=1S/C12H8Cl2F2N2O2S/c13-6-4-8(17)12(16)10(5-6)21(19,20)18-9-3-1-2-7(14)11(9)15/h1-5,18H,17H2. The second-order valence-electron chi connectivity index (χ2n) is 4.01. The van der Waals surface area contributed by atoms with Gasteiger partial charge < -0.3 is 5.73 Å². The van der Waals surface area contributed by atoms with Crippen molar-refractivity contribution in [3.05, 3.63) is 52.0 Å². The summed E-state index contributed by atoms with van der Waals surface area (Å²) in [6, 6.07) is 5.66. The first-order chi connectivity index (χ1) is 9.72. The Morgan fingerprint density at radius 3 is 2.43 bits per heavy atom. The van der Waals surface area contributed by atoms with Gasteiger partial charge in [0.2, 0.25) is 0 Å². The van der Waals surface area contributed by atoms with Crippen LogP contribution in [-0.2, 0) is 10.0 Å². The van der Waals surface area contributed by atoms with E-state index in [2.05, 4.69) is 0 Å². The van der Waals surface area contributed by atoms with E-state index in [0.717, 1.165) is 18.2 Å². The number of halogens is 4. The van der Waals surface area contributed by atoms with Gasteiger partial charge in [0.25, 0.3) is 10.0 Å². The van der Waals surface area contributed by atoms with E-state index in [4.69, 9.17) is 28.9 Å². The van der Waals surface area contributed by atoms with Crippen LogP contribution in [0.25, 0.3) is 0 Å². The first-order valence-electron chi connectivity index (χ1n) is 5.43. The van der Waals surface area contributed by atoms with Gasteiger partial charge in [-0.15, -0.1) is 0 Å². The van der Waals surface area contributed by atoms with Gasteiger partial charge in [0.05, 0.1) is 16.4 Å². The Morgan fingerprint density at radius 1 is 1.10 bits per heavy atom. The highest BCUT2D eigenvalue weighted by molar-refractivity contribution is 7.92. The van der Waals surface area contributed by atoms with E-state index in [0.29, 0.717) is 0 Å². The van der Waals surface area contributed by atoms with Gasteiger partial charge in [0.15, 0.2) is 11.6 Å². The molecule has 0 aliphatic carbocycles. The zero-order valence-electron chi connectivity index (χ0n) is 10.2. The molecule has 0 saturated carbocycles. The molecule has 0 fully saturated rings. The summed E-state index contributed by atoms with van der Waals surface area (Å²) in [5.74, 6) is -2.15. The molecule has 0 radical (unpaired) electrons. The molecule has 0 atom stereocenters. The van der Waals surface area contributed by atoms with Gasteiger partial charge in [-0.25, -0.2) is 17.2 Å². The fourth-order valence-corrected chi connectivity index (χ4v) is 3.22. The van der Waals surface area contributed by atoms with Crippen LogP contribution in [0.4, 0.5) is 20.2 Å². The Bertz CT molecular complexity index is 813. The fourth-order valence-electron chi connectivity index (χ4n) is 1.56. The molecule has 0 aliphatic heterocycles. The molecule has 2 aromatic rings. The molecule has 2 aromatic carbocycles. The summed E-state index contributed by atoms with van der Waals surface area (Å²) >= 11 is 11.2. The van der Waals surface area contributed by atoms with Crippen molar-refractivity contribution in [1.29, 1.82) is 0 Å². The molecule has 3 N–H and O–H groups in total. The fraction of sp³-hybridized carbons (Fsp3) is 0. The third-order valence-electron chi connectivity index (χ3n) is 2.52. The summed E-state index contributed by atoms with van der Waals surface area (Å²) in [6.45, 7) is 0. The van der Waals surface area contributed by atoms with Gasteiger partial charge in [-0.1, -0.05) is 29.3 Å². The normalized spacial score (nSPS) is 11.4. The molecule has 0 amide bonds. The maximum atomic E-state index is 13.8. The molecular formula is C12H8Cl2F2N2O2S. The van der Waals surface area contributed by atoms with Gasteiger partial charge in [0.1, 0.15) is 4.90 Å². The van der Waals surface area contributed by atoms with Gasteiger partial charge in [-0.2, -0.15) is 0 Å². The van der Waals surface area contributed by atoms with Crippen LogP contribution in [0.2, 0.25) is 10.0 Å². The van der Waals surface area contributed by atoms with Crippen LogP contribution in [-0.4, -0.2) is 8.42 Å². The Morgan fingerprint density at radius 2 is 1.76 bits per heavy atom. The lowest BCUT2D eigenvalue weighted by molar-refractivity contribution is 0.572. The van der Waals surface area contributed by atoms with Crippen LogP contribution in [0.15, 0.2) is 35.2 Å². The van der Waals surface area contributed by atoms with Crippen LogP contribution < -0.4 is 10.5 Å². The number of sulfonamides is 1. The van der Waals surface area contributed by atoms with E-state index < -0.39 is 37.9 Å². The predicted octanol–water partition coefficient (Wildman–Crippen LogP) is 3.65. The Kier molecular flexibility index (Phi) is 4.27. The number of nitrogens with two attached hydrogens (primary N) is 1. The molecule has 0 aliphatic rings. The molecule has 0 bridgehead atoms. The summed E-state index contributed by atoms with van der Waals surface area (Å²) in [5.41, 5.74) is 4.47. The minimum absolute atomic E-state index is 0.0687. The van der Waals surface area contributed by atoms with Crippen molar-refractivity contribution in [1.82, 2.24) is 0 Å². The number of anilines is 2. The maximum absolute atomic E-state index is 13.8. The van der Waals surface area contributed by atoms with E-state index >= 15 is 0 Å². The van der Waals surface area contributed by atoms with E-state index in [1.807, 2.05) is 4.72 Å². The molecule has 21 heavy (non-hydrogen) atoms. The summed E-state index contributed by atoms with van der Waals surface area (Å²) in [5, 5.41) is -0.345. The lowest BCUT2D eigenvalue weighted by atomic mass is 10.3. The lowest BCUT2D eigenvalue weighted by Crippen LogP contribution is -2.16. The van der Waals surface area contributed by atoms with Crippen molar-refractivity contribution in [2.24, 2.45) is 0 Å². The average Bonchev–Trinajstić information content (AvgIpc) is 2.39. The largest absolute Gasteiger partial charge is 0.396 e. The second-order valence-corrected chi connectivity index (χ2v) is 6.51. The number of hydrogen-bond donors (Lipinski definition) is 2. The highest BCUT2D eigenvalue weighted by Crippen LogP contribution is 2.29. The zero-order valence-corrected chi connectivity index (χ0v) is 12.5. The molecular weight excluding hydrogens is 345 g/mol. The molecule has 0 saturated heterocycles. The number of benzene rings is 2. The number of hydrogen-bond acceptors (Lipinski definition) is 3. The van der Waals surface area contributed by atoms with Crippen LogP contribution in [0.3, 0.4) is 0 Å². The molecule has 0 heterocycles. The smallest absolute Gasteiger partial charge is 0.265 e. The van der Waals surface area contributed by atoms with Crippen LogP contribution >= 0.6 is 23.2 Å². The Balaban J connectivity index is 2.51. The average molecular weight is 353 g/mol. The van der Waals surface area contributed by atoms with Crippen molar-refractivity contribution >= 4 is 44.6 Å². The van der Waals surface area contributed by atoms with Gasteiger partial charge in [-0.05, 0) is 24.3 Å². The Hall–Kier alpha value is -1.57. The Labute approximate surface area is 129 Å². The minimum Gasteiger partial charge on any atom is -0.396 e. The highest BCUT2D eigenvalue weighted by Gasteiger charge is 2.23. The molecule has 4 nitrogen and oxygen atoms in total. The van der Waals surface area contributed by atoms with Crippen molar-refractivity contribution in [2.75, 3.05) is 10.5 Å². The van der Waals surface area contributed by atoms with Crippen molar-refractivity contribution < 1.29 is 17.2 Å². The van der Waals surface area contributed by atoms with E-state index in [-0.39, 0.29) is 10.0 Å². The van der Waals surface area contributed by atoms with E-state index in [1.54, 1.807) is 0 Å². The van der Waals surface area contributed by atoms with Gasteiger partial charge in [-0.3, -0.25) is 4.72 Å². The van der Waals surface area contributed by atoms with Crippen molar-refractivity contribution in [3.8, 4) is 0 Å². The lowest BCUT2D eigenvalue weighted by Gasteiger charge is -2.11. The minimum atomic E-state index is -4.42. The van der Waals surface area contributed by atoms with Crippen LogP contribution in [0.1, 0.15) is 0 Å². The number of rotatable bonds is 3. The molecule has 2 rings (SSSR count). The highest BCUT2D eigenvalue weighted by atomic mass is 35.5. The first-order valence-corrected chi connectivity index (χ1v) is 7.67. The second kappa shape index (κ2) is 5.67. The van der Waals surface area contributed by atoms with Crippen LogP contribution in [0, 0.1) is 11.6 Å². The summed E-state index contributed by atoms with van der Waals surface area (Å²) in [7, 11) is -4.42. The van der Waals surface area contributed by atoms with Crippen LogP contribution in [0.5, 0.6) is 0 Å². The third kappa shape index (κ3) is 3.20. The van der Waals surface area contributed by atoms with E-state index in [1.165, 1.54) is 12.1 Å². The van der Waals surface area contributed by atoms with Crippen molar-refractivity contribution in [2.45, 2.75) is 4.90 Å². The molecule has 9 heteroatoms. The first kappa shape index (κ1) is 15.8. The zero-order chi connectivity index (χ0) is 15.8. The molecule has 0 aromatic heterocycles. The summed E-state index contributed by atoms with van der Waals surface area (Å²) in [4.78, 5) is -0.785. The summed E-state index contributed by atoms with van der Waals surface area (Å²) < 4.78 is 53.7. The molecule has 112 valence electrons. The molecule has 0 unspecified atom stereocenters. The number of nitrogens with one attached hydrogen (secondary N) is 1. The predicted molar refractivity (Wildman–Crippen MR) is 78.0 cm³/mol. The number of nitrogen functional groups attached to an aromatic ring is 1. The quantitative estimate of drug-likeness (QED) is 0.828.